The Labute approximate surface area is 133 Å². The molecule has 0 aliphatic rings. The maximum atomic E-state index is 5.74. The number of ether oxygens (including phenoxy) is 2. The van der Waals surface area contributed by atoms with Crippen molar-refractivity contribution in [3.63, 3.8) is 0 Å². The van der Waals surface area contributed by atoms with Crippen LogP contribution in [0, 0.1) is 0 Å². The molecule has 0 atom stereocenters. The van der Waals surface area contributed by atoms with Crippen LogP contribution in [0.1, 0.15) is 5.69 Å². The molecule has 108 valence electrons. The number of nitrogens with two attached hydrogens (primary N) is 1. The number of hydrogen-bond acceptors (Lipinski definition) is 7. The molecule has 0 amide bonds. The van der Waals surface area contributed by atoms with Crippen LogP contribution in [0.4, 0.5) is 5.95 Å². The Morgan fingerprint density at radius 3 is 2.95 bits per heavy atom. The predicted molar refractivity (Wildman–Crippen MR) is 84.6 cm³/mol. The monoisotopic (exact) mass is 366 g/mol. The lowest BCUT2D eigenvalue weighted by molar-refractivity contribution is 0.299. The minimum atomic E-state index is 0.232. The van der Waals surface area contributed by atoms with Crippen LogP contribution in [0.15, 0.2) is 28.3 Å². The first-order chi connectivity index (χ1) is 10.2. The second kappa shape index (κ2) is 5.82. The number of nitrogen functional groups attached to an aromatic ring is 1. The standard InChI is InChI=1S/C13H11BrN4O2S/c1-19-9-4-8(5-10-11(9)18-12(14)21-10)20-6-7-2-3-16-13(15)17-7/h2-5H,6H2,1H3,(H2,15,16,17). The van der Waals surface area contributed by atoms with Gasteiger partial charge < -0.3 is 15.2 Å². The third-order valence-corrected chi connectivity index (χ3v) is 4.20. The summed E-state index contributed by atoms with van der Waals surface area (Å²) >= 11 is 4.90. The second-order valence-electron chi connectivity index (χ2n) is 4.13. The molecule has 0 saturated carbocycles. The normalized spacial score (nSPS) is 10.8. The van der Waals surface area contributed by atoms with Gasteiger partial charge in [-0.3, -0.25) is 0 Å². The summed E-state index contributed by atoms with van der Waals surface area (Å²) in [4.78, 5) is 12.3. The van der Waals surface area contributed by atoms with Gasteiger partial charge in [0.1, 0.15) is 23.6 Å². The molecule has 0 unspecified atom stereocenters. The Bertz CT molecular complexity index is 793. The fourth-order valence-electron chi connectivity index (χ4n) is 1.84. The van der Waals surface area contributed by atoms with E-state index in [1.54, 1.807) is 25.4 Å². The number of thiazole rings is 1. The predicted octanol–water partition coefficient (Wildman–Crippen LogP) is 3.02. The Kier molecular flexibility index (Phi) is 3.89. The van der Waals surface area contributed by atoms with Crippen molar-refractivity contribution in [2.75, 3.05) is 12.8 Å². The molecule has 0 spiro atoms. The molecular formula is C13H11BrN4O2S. The first-order valence-corrected chi connectivity index (χ1v) is 7.61. The van der Waals surface area contributed by atoms with Gasteiger partial charge >= 0.3 is 0 Å². The summed E-state index contributed by atoms with van der Waals surface area (Å²) in [6.07, 6.45) is 1.60. The number of fused-ring (bicyclic) bond motifs is 1. The Hall–Kier alpha value is -1.93. The van der Waals surface area contributed by atoms with Gasteiger partial charge in [-0.1, -0.05) is 0 Å². The maximum absolute atomic E-state index is 5.74. The van der Waals surface area contributed by atoms with E-state index in [1.165, 1.54) is 11.3 Å². The van der Waals surface area contributed by atoms with E-state index in [2.05, 4.69) is 30.9 Å². The van der Waals surface area contributed by atoms with Crippen LogP contribution >= 0.6 is 27.3 Å². The van der Waals surface area contributed by atoms with E-state index in [0.717, 1.165) is 14.1 Å². The van der Waals surface area contributed by atoms with E-state index in [1.807, 2.05) is 6.07 Å². The first kappa shape index (κ1) is 14.0. The summed E-state index contributed by atoms with van der Waals surface area (Å²) in [6, 6.07) is 5.49. The zero-order valence-electron chi connectivity index (χ0n) is 11.0. The molecular weight excluding hydrogens is 356 g/mol. The lowest BCUT2D eigenvalue weighted by Crippen LogP contribution is -2.02. The molecule has 2 aromatic heterocycles. The van der Waals surface area contributed by atoms with Gasteiger partial charge in [0.25, 0.3) is 0 Å². The number of nitrogens with zero attached hydrogens (tertiary/aromatic N) is 3. The molecule has 0 aliphatic carbocycles. The summed E-state index contributed by atoms with van der Waals surface area (Å²) in [5.41, 5.74) is 7.07. The van der Waals surface area contributed by atoms with E-state index in [9.17, 15) is 0 Å². The van der Waals surface area contributed by atoms with Crippen molar-refractivity contribution in [3.05, 3.63) is 34.0 Å². The van der Waals surface area contributed by atoms with Gasteiger partial charge in [0.15, 0.2) is 3.92 Å². The van der Waals surface area contributed by atoms with Crippen LogP contribution in [0.25, 0.3) is 10.2 Å². The number of methoxy groups -OCH3 is 1. The number of benzene rings is 1. The lowest BCUT2D eigenvalue weighted by atomic mass is 10.3. The van der Waals surface area contributed by atoms with Crippen molar-refractivity contribution in [1.82, 2.24) is 15.0 Å². The van der Waals surface area contributed by atoms with Crippen LogP contribution in [0.2, 0.25) is 0 Å². The SMILES string of the molecule is COc1cc(OCc2ccnc(N)n2)cc2sc(Br)nc12. The van der Waals surface area contributed by atoms with Crippen molar-refractivity contribution in [2.45, 2.75) is 6.61 Å². The van der Waals surface area contributed by atoms with Crippen molar-refractivity contribution in [2.24, 2.45) is 0 Å². The topological polar surface area (TPSA) is 83.2 Å². The van der Waals surface area contributed by atoms with Crippen LogP contribution in [0.3, 0.4) is 0 Å². The number of hydrogen-bond donors (Lipinski definition) is 1. The molecule has 8 heteroatoms. The van der Waals surface area contributed by atoms with Crippen LogP contribution in [-0.2, 0) is 6.61 Å². The molecule has 0 bridgehead atoms. The van der Waals surface area contributed by atoms with E-state index >= 15 is 0 Å². The Balaban J connectivity index is 1.86. The van der Waals surface area contributed by atoms with Gasteiger partial charge in [0.05, 0.1) is 17.5 Å². The molecule has 1 aromatic carbocycles. The molecule has 0 saturated heterocycles. The van der Waals surface area contributed by atoms with Gasteiger partial charge in [-0.05, 0) is 28.1 Å². The second-order valence-corrected chi connectivity index (χ2v) is 6.44. The molecule has 3 aromatic rings. The maximum Gasteiger partial charge on any atom is 0.220 e. The third kappa shape index (κ3) is 3.06. The minimum absolute atomic E-state index is 0.232. The van der Waals surface area contributed by atoms with E-state index in [0.29, 0.717) is 23.8 Å². The van der Waals surface area contributed by atoms with E-state index in [-0.39, 0.29) is 5.95 Å². The van der Waals surface area contributed by atoms with Gasteiger partial charge in [-0.2, -0.15) is 0 Å². The molecule has 0 aliphatic heterocycles. The van der Waals surface area contributed by atoms with Crippen molar-refractivity contribution < 1.29 is 9.47 Å². The average Bonchev–Trinajstić information content (AvgIpc) is 2.84. The van der Waals surface area contributed by atoms with Crippen LogP contribution < -0.4 is 15.2 Å². The summed E-state index contributed by atoms with van der Waals surface area (Å²) in [5, 5.41) is 0. The number of halogens is 1. The van der Waals surface area contributed by atoms with Gasteiger partial charge in [-0.25, -0.2) is 15.0 Å². The zero-order chi connectivity index (χ0) is 14.8. The van der Waals surface area contributed by atoms with Crippen molar-refractivity contribution in [1.29, 1.82) is 0 Å². The number of rotatable bonds is 4. The molecule has 2 N–H and O–H groups in total. The fraction of sp³-hybridized carbons (Fsp3) is 0.154. The smallest absolute Gasteiger partial charge is 0.220 e. The third-order valence-electron chi connectivity index (χ3n) is 2.75. The summed E-state index contributed by atoms with van der Waals surface area (Å²) in [5.74, 6) is 1.59. The van der Waals surface area contributed by atoms with Crippen molar-refractivity contribution in [3.8, 4) is 11.5 Å². The first-order valence-electron chi connectivity index (χ1n) is 6.00. The highest BCUT2D eigenvalue weighted by Gasteiger charge is 2.11. The summed E-state index contributed by atoms with van der Waals surface area (Å²) in [6.45, 7) is 0.307. The minimum Gasteiger partial charge on any atom is -0.494 e. The number of anilines is 1. The molecule has 21 heavy (non-hydrogen) atoms. The molecule has 0 radical (unpaired) electrons. The Morgan fingerprint density at radius 1 is 1.33 bits per heavy atom. The molecule has 6 nitrogen and oxygen atoms in total. The van der Waals surface area contributed by atoms with Gasteiger partial charge in [-0.15, -0.1) is 11.3 Å². The summed E-state index contributed by atoms with van der Waals surface area (Å²) in [7, 11) is 1.61. The van der Waals surface area contributed by atoms with Crippen LogP contribution in [-0.4, -0.2) is 22.1 Å². The summed E-state index contributed by atoms with van der Waals surface area (Å²) < 4.78 is 12.9. The average molecular weight is 367 g/mol. The highest BCUT2D eigenvalue weighted by molar-refractivity contribution is 9.11. The fourth-order valence-corrected chi connectivity index (χ4v) is 3.27. The highest BCUT2D eigenvalue weighted by atomic mass is 79.9. The van der Waals surface area contributed by atoms with Gasteiger partial charge in [0.2, 0.25) is 5.95 Å². The molecule has 2 heterocycles. The quantitative estimate of drug-likeness (QED) is 0.763. The largest absolute Gasteiger partial charge is 0.494 e. The molecule has 0 fully saturated rings. The van der Waals surface area contributed by atoms with E-state index in [4.69, 9.17) is 15.2 Å². The molecule has 3 rings (SSSR count). The van der Waals surface area contributed by atoms with Crippen LogP contribution in [0.5, 0.6) is 11.5 Å². The van der Waals surface area contributed by atoms with E-state index < -0.39 is 0 Å². The highest BCUT2D eigenvalue weighted by Crippen LogP contribution is 2.36. The Morgan fingerprint density at radius 2 is 2.19 bits per heavy atom. The van der Waals surface area contributed by atoms with Gasteiger partial charge in [0, 0.05) is 12.3 Å². The zero-order valence-corrected chi connectivity index (χ0v) is 13.4. The number of aromatic nitrogens is 3. The van der Waals surface area contributed by atoms with Crippen molar-refractivity contribution >= 4 is 43.4 Å². The lowest BCUT2D eigenvalue weighted by Gasteiger charge is -2.08.